The summed E-state index contributed by atoms with van der Waals surface area (Å²) in [4.78, 5) is 48.1. The zero-order chi connectivity index (χ0) is 34.7. The average Bonchev–Trinajstić information content (AvgIpc) is 3.11. The number of hydrogen-bond acceptors (Lipinski definition) is 6. The first-order chi connectivity index (χ1) is 22.7. The molecule has 0 saturated carbocycles. The van der Waals surface area contributed by atoms with Gasteiger partial charge < -0.3 is 9.97 Å². The first-order valence-corrected chi connectivity index (χ1v) is 43.4. The van der Waals surface area contributed by atoms with Gasteiger partial charge in [-0.1, -0.05) is 24.3 Å². The molecule has 0 aliphatic heterocycles. The second-order valence-electron chi connectivity index (χ2n) is 8.35. The Balaban J connectivity index is 0.000000262. The molecule has 6 aromatic heterocycles. The van der Waals surface area contributed by atoms with Gasteiger partial charge in [0.15, 0.2) is 10.9 Å². The van der Waals surface area contributed by atoms with E-state index in [1.165, 1.54) is 87.4 Å². The summed E-state index contributed by atoms with van der Waals surface area (Å²) in [7, 11) is 24.6. The fourth-order valence-corrected chi connectivity index (χ4v) is 3.66. The van der Waals surface area contributed by atoms with E-state index in [1.54, 1.807) is 43.6 Å². The van der Waals surface area contributed by atoms with Crippen molar-refractivity contribution in [3.8, 4) is 45.6 Å². The molecule has 0 spiro atoms. The van der Waals surface area contributed by atoms with Gasteiger partial charge in [0.1, 0.15) is 0 Å². The van der Waals surface area contributed by atoms with Crippen LogP contribution in [0.2, 0.25) is 0 Å². The third-order valence-corrected chi connectivity index (χ3v) is 5.38. The van der Waals surface area contributed by atoms with Gasteiger partial charge in [-0.2, -0.15) is 0 Å². The summed E-state index contributed by atoms with van der Waals surface area (Å²) < 4.78 is 0. The van der Waals surface area contributed by atoms with Crippen LogP contribution in [0, 0.1) is 0 Å². The molecule has 0 aliphatic carbocycles. The number of H-pyrrole nitrogens is 1. The fraction of sp³-hybridized carbons (Fsp3) is 0. The Hall–Kier alpha value is 0.599. The van der Waals surface area contributed by atoms with Crippen LogP contribution >= 0.6 is 47.1 Å². The normalized spacial score (nSPS) is 10.3. The van der Waals surface area contributed by atoms with E-state index in [1.807, 2.05) is 72.8 Å². The summed E-state index contributed by atoms with van der Waals surface area (Å²) in [5, 5.41) is 0. The molecule has 0 fully saturated rings. The van der Waals surface area contributed by atoms with Crippen molar-refractivity contribution in [3.05, 3.63) is 142 Å². The van der Waals surface area contributed by atoms with Gasteiger partial charge in [0, 0.05) is 48.3 Å². The summed E-state index contributed by atoms with van der Waals surface area (Å²) in [6, 6.07) is 28.2. The Labute approximate surface area is 351 Å². The minimum atomic E-state index is -3.06. The van der Waals surface area contributed by atoms with Crippen molar-refractivity contribution in [3.63, 3.8) is 0 Å². The van der Waals surface area contributed by atoms with Gasteiger partial charge in [-0.3, -0.25) is 29.5 Å². The van der Waals surface area contributed by atoms with Gasteiger partial charge >= 0.3 is 141 Å². The van der Waals surface area contributed by atoms with Crippen molar-refractivity contribution < 1.29 is 30.7 Å². The molecule has 0 saturated heterocycles. The Kier molecular flexibility index (Phi) is 23.0. The van der Waals surface area contributed by atoms with Crippen molar-refractivity contribution in [2.45, 2.75) is 0 Å². The number of aromatic amines is 1. The van der Waals surface area contributed by atoms with Crippen LogP contribution in [-0.2, 0) is 30.7 Å². The molecular weight excluding hydrogens is 1120 g/mol. The molecule has 6 heterocycles. The van der Waals surface area contributed by atoms with Crippen molar-refractivity contribution in [2.75, 3.05) is 0 Å². The SMILES string of the molecule is O=c1cc(-c2ccccn2)[n-]c(-c2ccccn2)c1.O=c1cc(-c2ccccn2)[nH]c(-c2ccccn2)c1.[Cl][Pt+].[Cl][Pt]([Cl])([Cl])[Cl].[K][K]. The molecule has 6 rings (SSSR count). The standard InChI is InChI=1S/2C15H11N3O.5ClH.2K.2Pt/c2*19-11-9-14(12-5-1-3-7-16-12)18-15(10-11)13-6-2-4-8-17-13;;;;;;;;;/h2*1-10H,(H,18,19);5*1H;;;;/q;;;;;;;;;+2;+4/p-6. The summed E-state index contributed by atoms with van der Waals surface area (Å²) in [6.45, 7) is 0. The third kappa shape index (κ3) is 17.6. The second kappa shape index (κ2) is 24.7. The van der Waals surface area contributed by atoms with E-state index in [-0.39, 0.29) is 10.9 Å². The molecule has 6 aromatic rings. The molecule has 0 bridgehead atoms. The number of nitrogens with one attached hydrogen (secondary N) is 1. The zero-order valence-corrected chi connectivity index (χ0v) is 39.2. The predicted octanol–water partition coefficient (Wildman–Crippen LogP) is 7.31. The molecule has 1 N–H and O–H groups in total. The van der Waals surface area contributed by atoms with E-state index < -0.39 is 11.9 Å². The summed E-state index contributed by atoms with van der Waals surface area (Å²) in [6.07, 6.45) is 6.74. The van der Waals surface area contributed by atoms with Crippen molar-refractivity contribution in [2.24, 2.45) is 0 Å². The molecule has 8 nitrogen and oxygen atoms in total. The van der Waals surface area contributed by atoms with Crippen LogP contribution in [0.25, 0.3) is 45.6 Å². The topological polar surface area (TPSA) is 116 Å². The Morgan fingerprint density at radius 1 is 0.553 bits per heavy atom. The molecule has 0 unspecified atom stereocenters. The molecule has 17 heteroatoms. The van der Waals surface area contributed by atoms with Gasteiger partial charge in [0.2, 0.25) is 0 Å². The summed E-state index contributed by atoms with van der Waals surface area (Å²) in [5.41, 5.74) is 5.16. The van der Waals surface area contributed by atoms with Crippen LogP contribution < -0.4 is 15.8 Å². The van der Waals surface area contributed by atoms with Gasteiger partial charge in [-0.25, -0.2) is 0 Å². The number of pyridine rings is 6. The Morgan fingerprint density at radius 2 is 0.851 bits per heavy atom. The van der Waals surface area contributed by atoms with E-state index >= 15 is 0 Å². The number of aromatic nitrogens is 6. The minimum absolute atomic E-state index is 0.0694. The maximum absolute atomic E-state index is 11.8. The average molecular weight is 1140 g/mol. The molecular formula is C30H21Cl5K2N6O2Pt2. The quantitative estimate of drug-likeness (QED) is 0.184. The van der Waals surface area contributed by atoms with Crippen LogP contribution in [0.4, 0.5) is 0 Å². The molecule has 0 radical (unpaired) electrons. The third-order valence-electron chi connectivity index (χ3n) is 5.38. The van der Waals surface area contributed by atoms with Crippen LogP contribution in [0.3, 0.4) is 0 Å². The number of rotatable bonds is 4. The summed E-state index contributed by atoms with van der Waals surface area (Å²) >= 11 is 1.06. The van der Waals surface area contributed by atoms with E-state index in [0.717, 1.165) is 11.4 Å². The molecule has 0 aromatic carbocycles. The van der Waals surface area contributed by atoms with E-state index in [2.05, 4.69) is 39.3 Å². The van der Waals surface area contributed by atoms with E-state index in [4.69, 9.17) is 37.7 Å². The van der Waals surface area contributed by atoms with Crippen LogP contribution in [0.1, 0.15) is 0 Å². The first kappa shape index (κ1) is 43.8. The van der Waals surface area contributed by atoms with Crippen LogP contribution in [0.15, 0.2) is 131 Å². The molecule has 0 atom stereocenters. The van der Waals surface area contributed by atoms with Crippen molar-refractivity contribution >= 4 is 110 Å². The van der Waals surface area contributed by atoms with E-state index in [0.29, 0.717) is 34.2 Å². The number of hydrogen-bond donors (Lipinski definition) is 1. The maximum atomic E-state index is 11.8. The molecule has 0 aliphatic rings. The zero-order valence-electron chi connectivity index (χ0n) is 24.6. The molecule has 0 amide bonds. The van der Waals surface area contributed by atoms with Gasteiger partial charge in [0.25, 0.3) is 0 Å². The van der Waals surface area contributed by atoms with Gasteiger partial charge in [-0.05, 0) is 60.7 Å². The van der Waals surface area contributed by atoms with Crippen molar-refractivity contribution in [1.29, 1.82) is 0 Å². The second-order valence-corrected chi connectivity index (χ2v) is 28.0. The molecule has 47 heavy (non-hydrogen) atoms. The van der Waals surface area contributed by atoms with Crippen LogP contribution in [-0.4, -0.2) is 88.1 Å². The van der Waals surface area contributed by atoms with E-state index in [9.17, 15) is 9.59 Å². The van der Waals surface area contributed by atoms with Crippen molar-refractivity contribution in [1.82, 2.24) is 29.9 Å². The Morgan fingerprint density at radius 3 is 1.15 bits per heavy atom. The van der Waals surface area contributed by atoms with Gasteiger partial charge in [-0.15, -0.1) is 11.4 Å². The monoisotopic (exact) mass is 1140 g/mol. The number of nitrogens with zero attached hydrogens (tertiary/aromatic N) is 5. The van der Waals surface area contributed by atoms with Gasteiger partial charge in [0.05, 0.1) is 22.8 Å². The molecule has 240 valence electrons. The summed E-state index contributed by atoms with van der Waals surface area (Å²) in [5.74, 6) is 0. The number of halogens is 5. The fourth-order valence-electron chi connectivity index (χ4n) is 3.66. The Bertz CT molecular complexity index is 1620. The first-order valence-electron chi connectivity index (χ1n) is 13.3. The predicted molar refractivity (Wildman–Crippen MR) is 187 cm³/mol. The van der Waals surface area contributed by atoms with Crippen LogP contribution in [0.5, 0.6) is 0 Å².